The Morgan fingerprint density at radius 1 is 1.32 bits per heavy atom. The average Bonchev–Trinajstić information content (AvgIpc) is 2.43. The quantitative estimate of drug-likeness (QED) is 0.554. The number of hydrogen-bond donors (Lipinski definition) is 0. The summed E-state index contributed by atoms with van der Waals surface area (Å²) in [6.07, 6.45) is 5.01. The van der Waals surface area contributed by atoms with Gasteiger partial charge < -0.3 is 0 Å². The summed E-state index contributed by atoms with van der Waals surface area (Å²) in [5, 5.41) is 18.4. The van der Waals surface area contributed by atoms with Gasteiger partial charge in [0.05, 0.1) is 0 Å². The lowest BCUT2D eigenvalue weighted by Gasteiger charge is -2.41. The fourth-order valence-electron chi connectivity index (χ4n) is 3.48. The second kappa shape index (κ2) is 6.98. The third kappa shape index (κ3) is 2.98. The molecule has 1 aliphatic carbocycles. The van der Waals surface area contributed by atoms with Gasteiger partial charge >= 0.3 is 0 Å². The summed E-state index contributed by atoms with van der Waals surface area (Å²) in [7, 11) is 0. The number of allylic oxidation sites excluding steroid dienone is 3. The predicted molar refractivity (Wildman–Crippen MR) is 76.8 cm³/mol. The first kappa shape index (κ1) is 15.3. The van der Waals surface area contributed by atoms with Gasteiger partial charge in [0.1, 0.15) is 17.7 Å². The number of nitriles is 2. The number of hydrogen-bond acceptors (Lipinski definition) is 2. The summed E-state index contributed by atoms with van der Waals surface area (Å²) in [5.41, 5.74) is 4.30. The molecule has 0 spiro atoms. The van der Waals surface area contributed by atoms with Crippen molar-refractivity contribution in [2.75, 3.05) is 0 Å². The lowest BCUT2D eigenvalue weighted by Crippen LogP contribution is -2.33. The largest absolute Gasteiger partial charge is 0.192 e. The summed E-state index contributed by atoms with van der Waals surface area (Å²) in [4.78, 5) is 0. The molecule has 0 N–H and O–H groups in total. The van der Waals surface area contributed by atoms with Crippen LogP contribution < -0.4 is 0 Å². The maximum absolute atomic E-state index is 9.22. The van der Waals surface area contributed by atoms with Gasteiger partial charge in [-0.05, 0) is 54.6 Å². The Labute approximate surface area is 116 Å². The van der Waals surface area contributed by atoms with Crippen molar-refractivity contribution in [2.45, 2.75) is 40.0 Å². The third-order valence-electron chi connectivity index (χ3n) is 4.37. The van der Waals surface area contributed by atoms with Crippen LogP contribution in [0.15, 0.2) is 29.5 Å². The Balaban J connectivity index is 3.38. The predicted octanol–water partition coefficient (Wildman–Crippen LogP) is 4.38. The van der Waals surface area contributed by atoms with Crippen molar-refractivity contribution in [3.05, 3.63) is 29.5 Å². The minimum absolute atomic E-state index is 0.275. The Kier molecular flexibility index (Phi) is 5.62. The van der Waals surface area contributed by atoms with E-state index in [0.717, 1.165) is 24.8 Å². The molecule has 100 valence electrons. The van der Waals surface area contributed by atoms with Gasteiger partial charge in [0, 0.05) is 0 Å². The summed E-state index contributed by atoms with van der Waals surface area (Å²) in [5.74, 6) is 1.53. The Bertz CT molecular complexity index is 464. The second-order valence-corrected chi connectivity index (χ2v) is 5.33. The van der Waals surface area contributed by atoms with E-state index in [4.69, 9.17) is 0 Å². The van der Waals surface area contributed by atoms with Crippen LogP contribution in [0.4, 0.5) is 0 Å². The van der Waals surface area contributed by atoms with Crippen molar-refractivity contribution in [1.29, 1.82) is 10.5 Å². The van der Waals surface area contributed by atoms with E-state index < -0.39 is 0 Å². The van der Waals surface area contributed by atoms with Crippen LogP contribution in [0.1, 0.15) is 40.0 Å². The normalized spacial score (nSPS) is 29.8. The van der Waals surface area contributed by atoms with Gasteiger partial charge in [-0.15, -0.1) is 5.73 Å². The molecule has 0 radical (unpaired) electrons. The standard InChI is InChI=1S/C17H22N2/c1-5-8-16-12(4)9-13(6-2)17(15(16)7-3)14(10-18)11-19/h8,12-13,15-16H,1,6-7,9H2,2-4H3. The molecule has 0 amide bonds. The van der Waals surface area contributed by atoms with Crippen LogP contribution in [0.2, 0.25) is 0 Å². The summed E-state index contributed by atoms with van der Waals surface area (Å²) in [6, 6.07) is 4.19. The molecule has 2 nitrogen and oxygen atoms in total. The Hall–Kier alpha value is -1.76. The van der Waals surface area contributed by atoms with Crippen LogP contribution in [-0.4, -0.2) is 0 Å². The average molecular weight is 254 g/mol. The van der Waals surface area contributed by atoms with Gasteiger partial charge in [0.15, 0.2) is 0 Å². The van der Waals surface area contributed by atoms with Crippen LogP contribution in [0.5, 0.6) is 0 Å². The third-order valence-corrected chi connectivity index (χ3v) is 4.37. The van der Waals surface area contributed by atoms with E-state index in [0.29, 0.717) is 23.3 Å². The van der Waals surface area contributed by atoms with Crippen molar-refractivity contribution in [3.63, 3.8) is 0 Å². The molecule has 19 heavy (non-hydrogen) atoms. The molecule has 0 aliphatic heterocycles. The lowest BCUT2D eigenvalue weighted by atomic mass is 9.63. The SMILES string of the molecule is C=C=CC1C(C)CC(CC)C(=C(C#N)C#N)C1CC. The lowest BCUT2D eigenvalue weighted by molar-refractivity contribution is 0.210. The molecule has 0 aromatic carbocycles. The van der Waals surface area contributed by atoms with E-state index >= 15 is 0 Å². The van der Waals surface area contributed by atoms with Crippen molar-refractivity contribution in [3.8, 4) is 12.1 Å². The van der Waals surface area contributed by atoms with Crippen LogP contribution in [0.3, 0.4) is 0 Å². The molecule has 4 atom stereocenters. The molecule has 1 saturated carbocycles. The minimum Gasteiger partial charge on any atom is -0.192 e. The highest BCUT2D eigenvalue weighted by atomic mass is 14.4. The fraction of sp³-hybridized carbons (Fsp3) is 0.588. The van der Waals surface area contributed by atoms with Gasteiger partial charge in [-0.1, -0.05) is 27.4 Å². The van der Waals surface area contributed by atoms with Crippen molar-refractivity contribution in [2.24, 2.45) is 23.7 Å². The van der Waals surface area contributed by atoms with Crippen LogP contribution in [-0.2, 0) is 0 Å². The molecular weight excluding hydrogens is 232 g/mol. The highest BCUT2D eigenvalue weighted by Crippen LogP contribution is 2.46. The van der Waals surface area contributed by atoms with Crippen LogP contribution >= 0.6 is 0 Å². The van der Waals surface area contributed by atoms with Gasteiger partial charge in [0.25, 0.3) is 0 Å². The first-order valence-corrected chi connectivity index (χ1v) is 7.04. The van der Waals surface area contributed by atoms with E-state index in [1.54, 1.807) is 0 Å². The summed E-state index contributed by atoms with van der Waals surface area (Å²) in [6.45, 7) is 10.2. The molecule has 2 heteroatoms. The fourth-order valence-corrected chi connectivity index (χ4v) is 3.48. The molecule has 4 unspecified atom stereocenters. The molecule has 1 rings (SSSR count). The van der Waals surface area contributed by atoms with Gasteiger partial charge in [-0.25, -0.2) is 0 Å². The first-order chi connectivity index (χ1) is 9.14. The summed E-state index contributed by atoms with van der Waals surface area (Å²) < 4.78 is 0. The molecule has 1 fully saturated rings. The highest BCUT2D eigenvalue weighted by molar-refractivity contribution is 5.43. The summed E-state index contributed by atoms with van der Waals surface area (Å²) >= 11 is 0. The van der Waals surface area contributed by atoms with Crippen molar-refractivity contribution < 1.29 is 0 Å². The molecule has 0 saturated heterocycles. The van der Waals surface area contributed by atoms with E-state index in [2.05, 4.69) is 45.2 Å². The molecule has 0 aromatic rings. The molecule has 0 heterocycles. The molecule has 1 aliphatic rings. The molecule has 0 aromatic heterocycles. The maximum Gasteiger partial charge on any atom is 0.129 e. The van der Waals surface area contributed by atoms with Crippen molar-refractivity contribution >= 4 is 0 Å². The first-order valence-electron chi connectivity index (χ1n) is 7.04. The highest BCUT2D eigenvalue weighted by Gasteiger charge is 2.38. The smallest absolute Gasteiger partial charge is 0.129 e. The van der Waals surface area contributed by atoms with E-state index in [9.17, 15) is 10.5 Å². The monoisotopic (exact) mass is 254 g/mol. The zero-order valence-corrected chi connectivity index (χ0v) is 12.1. The minimum atomic E-state index is 0.275. The number of rotatable bonds is 3. The van der Waals surface area contributed by atoms with Gasteiger partial charge in [-0.2, -0.15) is 10.5 Å². The Morgan fingerprint density at radius 2 is 1.95 bits per heavy atom. The zero-order chi connectivity index (χ0) is 14.4. The van der Waals surface area contributed by atoms with Gasteiger partial charge in [0.2, 0.25) is 0 Å². The Morgan fingerprint density at radius 3 is 2.37 bits per heavy atom. The van der Waals surface area contributed by atoms with Crippen molar-refractivity contribution in [1.82, 2.24) is 0 Å². The van der Waals surface area contributed by atoms with E-state index in [1.807, 2.05) is 6.08 Å². The molecular formula is C17H22N2. The van der Waals surface area contributed by atoms with Gasteiger partial charge in [-0.3, -0.25) is 0 Å². The maximum atomic E-state index is 9.22. The van der Waals surface area contributed by atoms with Crippen LogP contribution in [0.25, 0.3) is 0 Å². The molecule has 0 bridgehead atoms. The number of nitrogens with zero attached hydrogens (tertiary/aromatic N) is 2. The van der Waals surface area contributed by atoms with Crippen LogP contribution in [0, 0.1) is 46.3 Å². The zero-order valence-electron chi connectivity index (χ0n) is 12.1. The second-order valence-electron chi connectivity index (χ2n) is 5.33. The van der Waals surface area contributed by atoms with E-state index in [-0.39, 0.29) is 5.92 Å². The topological polar surface area (TPSA) is 47.6 Å². The van der Waals surface area contributed by atoms with E-state index in [1.165, 1.54) is 0 Å².